The molecule has 0 bridgehead atoms. The molecule has 0 aliphatic carbocycles. The first-order chi connectivity index (χ1) is 18.2. The standard InChI is InChI=1S/C30H40N4O4/c1-18-12-21(22-14-33(15-22)23-16-34(17-23)29(35)38-30(3,4)5)13-25-27(18)37-19(2)26-24(6-9-31-28(26)32-25)20-7-10-36-11-8-20/h6,9,12-13,19-20,22-23H,7-8,10-11,14-17H2,1-5H3,(H,31,32)/t19-/m1/s1. The molecule has 1 aromatic heterocycles. The highest BCUT2D eigenvalue weighted by Gasteiger charge is 2.42. The molecule has 1 amide bonds. The van der Waals surface area contributed by atoms with E-state index in [1.165, 1.54) is 16.7 Å². The Bertz CT molecular complexity index is 1210. The Hall–Kier alpha value is -2.84. The van der Waals surface area contributed by atoms with Gasteiger partial charge in [0.2, 0.25) is 0 Å². The number of nitrogens with one attached hydrogen (secondary N) is 1. The van der Waals surface area contributed by atoms with Crippen molar-refractivity contribution in [3.8, 4) is 5.75 Å². The molecule has 0 radical (unpaired) electrons. The lowest BCUT2D eigenvalue weighted by atomic mass is 9.87. The van der Waals surface area contributed by atoms with Gasteiger partial charge in [0.1, 0.15) is 23.3 Å². The van der Waals surface area contributed by atoms with Crippen LogP contribution in [0.4, 0.5) is 16.3 Å². The van der Waals surface area contributed by atoms with Crippen LogP contribution in [0.2, 0.25) is 0 Å². The molecule has 4 aliphatic heterocycles. The van der Waals surface area contributed by atoms with E-state index in [0.29, 0.717) is 17.9 Å². The van der Waals surface area contributed by atoms with Crippen molar-refractivity contribution in [1.29, 1.82) is 0 Å². The lowest BCUT2D eigenvalue weighted by Crippen LogP contribution is -2.66. The van der Waals surface area contributed by atoms with Crippen LogP contribution in [0.1, 0.15) is 80.7 Å². The van der Waals surface area contributed by atoms with Crippen molar-refractivity contribution in [2.75, 3.05) is 44.7 Å². The summed E-state index contributed by atoms with van der Waals surface area (Å²) in [7, 11) is 0. The number of amides is 1. The van der Waals surface area contributed by atoms with Crippen molar-refractivity contribution in [2.24, 2.45) is 0 Å². The van der Waals surface area contributed by atoms with Gasteiger partial charge in [0.05, 0.1) is 5.69 Å². The van der Waals surface area contributed by atoms with Gasteiger partial charge in [-0.1, -0.05) is 6.07 Å². The molecular weight excluding hydrogens is 480 g/mol. The number of ether oxygens (including phenoxy) is 3. The monoisotopic (exact) mass is 520 g/mol. The maximum absolute atomic E-state index is 12.3. The second kappa shape index (κ2) is 9.72. The zero-order chi connectivity index (χ0) is 26.6. The number of aryl methyl sites for hydroxylation is 1. The third-order valence-electron chi connectivity index (χ3n) is 8.35. The van der Waals surface area contributed by atoms with Crippen LogP contribution < -0.4 is 10.1 Å². The van der Waals surface area contributed by atoms with Crippen LogP contribution >= 0.6 is 0 Å². The fourth-order valence-electron chi connectivity index (χ4n) is 6.21. The topological polar surface area (TPSA) is 76.2 Å². The van der Waals surface area contributed by atoms with Gasteiger partial charge in [0, 0.05) is 63.1 Å². The van der Waals surface area contributed by atoms with Gasteiger partial charge in [0.15, 0.2) is 0 Å². The summed E-state index contributed by atoms with van der Waals surface area (Å²) >= 11 is 0. The number of anilines is 2. The zero-order valence-electron chi connectivity index (χ0n) is 23.3. The highest BCUT2D eigenvalue weighted by Crippen LogP contribution is 2.45. The van der Waals surface area contributed by atoms with Crippen LogP contribution in [0.15, 0.2) is 24.4 Å². The van der Waals surface area contributed by atoms with Crippen molar-refractivity contribution in [3.63, 3.8) is 0 Å². The summed E-state index contributed by atoms with van der Waals surface area (Å²) in [4.78, 5) is 21.3. The lowest BCUT2D eigenvalue weighted by Gasteiger charge is -2.51. The van der Waals surface area contributed by atoms with E-state index >= 15 is 0 Å². The summed E-state index contributed by atoms with van der Waals surface area (Å²) in [5.74, 6) is 2.77. The largest absolute Gasteiger partial charge is 0.483 e. The molecule has 8 nitrogen and oxygen atoms in total. The highest BCUT2D eigenvalue weighted by atomic mass is 16.6. The fourth-order valence-corrected chi connectivity index (χ4v) is 6.21. The van der Waals surface area contributed by atoms with E-state index in [1.54, 1.807) is 4.90 Å². The Balaban J connectivity index is 1.14. The average Bonchev–Trinajstić information content (AvgIpc) is 2.95. The number of carbonyl (C=O) groups excluding carboxylic acids is 1. The molecule has 3 fully saturated rings. The summed E-state index contributed by atoms with van der Waals surface area (Å²) in [5, 5.41) is 3.65. The van der Waals surface area contributed by atoms with Gasteiger partial charge in [-0.15, -0.1) is 0 Å². The Morgan fingerprint density at radius 3 is 2.55 bits per heavy atom. The van der Waals surface area contributed by atoms with Crippen LogP contribution in [0.25, 0.3) is 0 Å². The van der Waals surface area contributed by atoms with E-state index in [0.717, 1.165) is 75.1 Å². The zero-order valence-corrected chi connectivity index (χ0v) is 23.3. The Labute approximate surface area is 225 Å². The normalized spacial score (nSPS) is 22.8. The van der Waals surface area contributed by atoms with Gasteiger partial charge in [-0.25, -0.2) is 9.78 Å². The number of likely N-dealkylation sites (tertiary alicyclic amines) is 2. The summed E-state index contributed by atoms with van der Waals surface area (Å²) in [6.45, 7) is 15.1. The molecule has 3 saturated heterocycles. The molecule has 1 N–H and O–H groups in total. The van der Waals surface area contributed by atoms with Crippen molar-refractivity contribution in [1.82, 2.24) is 14.8 Å². The van der Waals surface area contributed by atoms with Crippen molar-refractivity contribution >= 4 is 17.6 Å². The van der Waals surface area contributed by atoms with Crippen molar-refractivity contribution in [2.45, 2.75) is 77.0 Å². The number of hydrogen-bond donors (Lipinski definition) is 1. The molecule has 204 valence electrons. The van der Waals surface area contributed by atoms with Crippen LogP contribution in [-0.2, 0) is 9.47 Å². The average molecular weight is 521 g/mol. The Morgan fingerprint density at radius 1 is 1.11 bits per heavy atom. The number of nitrogens with zero attached hydrogens (tertiary/aromatic N) is 3. The maximum Gasteiger partial charge on any atom is 0.410 e. The molecule has 38 heavy (non-hydrogen) atoms. The molecule has 2 aromatic rings. The second-order valence-electron chi connectivity index (χ2n) is 12.3. The van der Waals surface area contributed by atoms with E-state index in [-0.39, 0.29) is 12.2 Å². The number of carbonyl (C=O) groups is 1. The van der Waals surface area contributed by atoms with E-state index in [4.69, 9.17) is 19.2 Å². The summed E-state index contributed by atoms with van der Waals surface area (Å²) < 4.78 is 17.7. The molecule has 6 rings (SSSR count). The lowest BCUT2D eigenvalue weighted by molar-refractivity contribution is -0.0338. The van der Waals surface area contributed by atoms with E-state index in [9.17, 15) is 4.79 Å². The molecule has 4 aliphatic rings. The van der Waals surface area contributed by atoms with Gasteiger partial charge >= 0.3 is 6.09 Å². The molecule has 1 atom stereocenters. The first-order valence-corrected chi connectivity index (χ1v) is 14.0. The third kappa shape index (κ3) is 4.84. The van der Waals surface area contributed by atoms with Gasteiger partial charge in [-0.2, -0.15) is 0 Å². The van der Waals surface area contributed by atoms with E-state index < -0.39 is 5.60 Å². The minimum Gasteiger partial charge on any atom is -0.483 e. The predicted octanol–water partition coefficient (Wildman–Crippen LogP) is 5.50. The smallest absolute Gasteiger partial charge is 0.410 e. The van der Waals surface area contributed by atoms with Crippen LogP contribution in [-0.4, -0.2) is 71.9 Å². The van der Waals surface area contributed by atoms with Gasteiger partial charge in [-0.3, -0.25) is 4.90 Å². The number of pyridine rings is 1. The third-order valence-corrected chi connectivity index (χ3v) is 8.35. The number of rotatable bonds is 3. The van der Waals surface area contributed by atoms with Crippen molar-refractivity contribution < 1.29 is 19.0 Å². The highest BCUT2D eigenvalue weighted by molar-refractivity contribution is 5.72. The molecule has 0 unspecified atom stereocenters. The fraction of sp³-hybridized carbons (Fsp3) is 0.600. The summed E-state index contributed by atoms with van der Waals surface area (Å²) in [5.41, 5.74) is 5.53. The Kier molecular flexibility index (Phi) is 6.51. The number of benzene rings is 1. The minimum atomic E-state index is -0.453. The number of hydrogen-bond acceptors (Lipinski definition) is 7. The van der Waals surface area contributed by atoms with Crippen molar-refractivity contribution in [3.05, 3.63) is 46.6 Å². The van der Waals surface area contributed by atoms with Gasteiger partial charge in [0.25, 0.3) is 0 Å². The summed E-state index contributed by atoms with van der Waals surface area (Å²) in [6.07, 6.45) is 3.71. The first-order valence-electron chi connectivity index (χ1n) is 14.0. The maximum atomic E-state index is 12.3. The number of aromatic nitrogens is 1. The predicted molar refractivity (Wildman–Crippen MR) is 146 cm³/mol. The van der Waals surface area contributed by atoms with Crippen LogP contribution in [0.3, 0.4) is 0 Å². The van der Waals surface area contributed by atoms with Crippen LogP contribution in [0.5, 0.6) is 5.75 Å². The second-order valence-corrected chi connectivity index (χ2v) is 12.3. The van der Waals surface area contributed by atoms with E-state index in [1.807, 2.05) is 27.0 Å². The van der Waals surface area contributed by atoms with Gasteiger partial charge < -0.3 is 24.4 Å². The van der Waals surface area contributed by atoms with Gasteiger partial charge in [-0.05, 0) is 82.2 Å². The molecule has 5 heterocycles. The molecule has 8 heteroatoms. The molecule has 0 saturated carbocycles. The minimum absolute atomic E-state index is 0.0828. The molecular formula is C30H40N4O4. The first kappa shape index (κ1) is 25.4. The number of fused-ring (bicyclic) bond motifs is 2. The van der Waals surface area contributed by atoms with Crippen LogP contribution in [0, 0.1) is 6.92 Å². The SMILES string of the molecule is Cc1cc(C2CN(C3CN(C(=O)OC(C)(C)C)C3)C2)cc2c1O[C@H](C)c1c(C3CCOCC3)ccnc1N2. The van der Waals surface area contributed by atoms with E-state index in [2.05, 4.69) is 42.3 Å². The Morgan fingerprint density at radius 2 is 1.84 bits per heavy atom. The molecule has 0 spiro atoms. The molecule has 1 aromatic carbocycles. The summed E-state index contributed by atoms with van der Waals surface area (Å²) in [6, 6.07) is 7.12. The quantitative estimate of drug-likeness (QED) is 0.573.